The first-order chi connectivity index (χ1) is 42.4. The van der Waals surface area contributed by atoms with Gasteiger partial charge in [0.25, 0.3) is 0 Å². The molecule has 0 aromatic heterocycles. The summed E-state index contributed by atoms with van der Waals surface area (Å²) in [6, 6.07) is 0. The second kappa shape index (κ2) is 54.3. The molecule has 0 spiro atoms. The topological polar surface area (TPSA) is 274 Å². The van der Waals surface area contributed by atoms with Crippen molar-refractivity contribution < 1.29 is 62.3 Å². The molecule has 0 saturated heterocycles. The van der Waals surface area contributed by atoms with Gasteiger partial charge in [0.15, 0.2) is 0 Å². The highest BCUT2D eigenvalue weighted by molar-refractivity contribution is 5.86. The van der Waals surface area contributed by atoms with Crippen molar-refractivity contribution in [1.29, 1.82) is 0 Å². The van der Waals surface area contributed by atoms with E-state index in [1.807, 2.05) is 138 Å². The lowest BCUT2D eigenvalue weighted by molar-refractivity contribution is -0.133. The van der Waals surface area contributed by atoms with Gasteiger partial charge >= 0.3 is 0 Å². The van der Waals surface area contributed by atoms with Crippen LogP contribution in [0.15, 0.2) is 0 Å². The maximum absolute atomic E-state index is 12.0. The summed E-state index contributed by atoms with van der Waals surface area (Å²) in [5.74, 6) is 2.14. The Bertz CT molecular complexity index is 2080. The summed E-state index contributed by atoms with van der Waals surface area (Å²) in [7, 11) is 0. The predicted molar refractivity (Wildman–Crippen MR) is 377 cm³/mol. The third-order valence-electron chi connectivity index (χ3n) is 17.7. The molecular weight excluding hydrogens is 1170 g/mol. The average molecular weight is 1310 g/mol. The van der Waals surface area contributed by atoms with Crippen LogP contribution in [0.25, 0.3) is 0 Å². The Labute approximate surface area is 561 Å². The van der Waals surface area contributed by atoms with Gasteiger partial charge in [0, 0.05) is 105 Å². The minimum Gasteiger partial charge on any atom is -0.379 e. The molecule has 0 atom stereocenters. The van der Waals surface area contributed by atoms with E-state index in [1.54, 1.807) is 41.5 Å². The Morgan fingerprint density at radius 3 is 1.04 bits per heavy atom. The molecule has 0 radical (unpaired) electrons. The Morgan fingerprint density at radius 1 is 0.348 bits per heavy atom. The Kier molecular flexibility index (Phi) is 57.9. The molecule has 0 unspecified atom stereocenters. The van der Waals surface area contributed by atoms with Gasteiger partial charge < -0.3 is 31.3 Å². The normalized spacial score (nSPS) is 11.4. The van der Waals surface area contributed by atoms with Crippen LogP contribution in [0.5, 0.6) is 0 Å². The summed E-state index contributed by atoms with van der Waals surface area (Å²) < 4.78 is 5.35. The summed E-state index contributed by atoms with van der Waals surface area (Å²) in [4.78, 5) is 135. The highest BCUT2D eigenvalue weighted by atomic mass is 16.5. The molecule has 0 rings (SSSR count). The van der Waals surface area contributed by atoms with E-state index in [9.17, 15) is 57.5 Å². The lowest BCUT2D eigenvalue weighted by Crippen LogP contribution is -2.49. The molecule has 0 aromatic carbocycles. The molecule has 0 saturated carbocycles. The van der Waals surface area contributed by atoms with Gasteiger partial charge in [-0.1, -0.05) is 158 Å². The first-order valence-electron chi connectivity index (χ1n) is 34.9. The van der Waals surface area contributed by atoms with Crippen molar-refractivity contribution in [1.82, 2.24) is 26.6 Å². The highest BCUT2D eigenvalue weighted by Gasteiger charge is 2.42. The van der Waals surface area contributed by atoms with E-state index < -0.39 is 16.2 Å². The number of carbonyl (C=O) groups excluding carboxylic acids is 12. The molecule has 92 heavy (non-hydrogen) atoms. The fraction of sp³-hybridized carbons (Fsp3) is 0.838. The van der Waals surface area contributed by atoms with Gasteiger partial charge in [-0.05, 0) is 124 Å². The number of rotatable bonds is 43. The molecule has 0 bridgehead atoms. The van der Waals surface area contributed by atoms with Crippen LogP contribution in [0.4, 0.5) is 0 Å². The number of hydrogen-bond acceptors (Lipinski definition) is 13. The van der Waals surface area contributed by atoms with Crippen molar-refractivity contribution in [2.24, 2.45) is 44.3 Å². The smallest absolute Gasteiger partial charge is 0.220 e. The van der Waals surface area contributed by atoms with E-state index in [0.29, 0.717) is 83.7 Å². The minimum absolute atomic E-state index is 0.0248. The maximum atomic E-state index is 12.0. The molecule has 0 aliphatic rings. The molecule has 0 fully saturated rings. The van der Waals surface area contributed by atoms with E-state index in [1.165, 1.54) is 0 Å². The molecule has 0 heterocycles. The SMILES string of the molecule is CCC(=O)NCCCCC(C)(C)C(C)=O.CCCC(=O)CCCCCC(C)(C)C(C)=O.CCCC(=O)NCC(C(C)=O)(C(C)C)C(C)C.CCCC(=O)NCC(C)(C)C(C)=O.CCCC(=O)NCC(CC)(CC)C(C)=O.CCCC(=O)NCCOCC(C)(C)C(C)=O. The fourth-order valence-electron chi connectivity index (χ4n) is 8.91. The second-order valence-corrected chi connectivity index (χ2v) is 28.0. The highest BCUT2D eigenvalue weighted by Crippen LogP contribution is 2.36. The van der Waals surface area contributed by atoms with E-state index >= 15 is 0 Å². The first kappa shape index (κ1) is 98.1. The molecule has 0 aromatic rings. The largest absolute Gasteiger partial charge is 0.379 e. The van der Waals surface area contributed by atoms with E-state index in [4.69, 9.17) is 4.74 Å². The zero-order chi connectivity index (χ0) is 73.1. The predicted octanol–water partition coefficient (Wildman–Crippen LogP) is 14.4. The van der Waals surface area contributed by atoms with Crippen molar-refractivity contribution in [3.8, 4) is 0 Å². The van der Waals surface area contributed by atoms with Crippen molar-refractivity contribution in [3.63, 3.8) is 0 Å². The summed E-state index contributed by atoms with van der Waals surface area (Å²) in [6.07, 6.45) is 16.9. The summed E-state index contributed by atoms with van der Waals surface area (Å²) in [5, 5.41) is 14.1. The molecule has 18 nitrogen and oxygen atoms in total. The van der Waals surface area contributed by atoms with Gasteiger partial charge in [-0.3, -0.25) is 57.5 Å². The zero-order valence-corrected chi connectivity index (χ0v) is 63.8. The molecule has 0 aliphatic carbocycles. The van der Waals surface area contributed by atoms with Crippen LogP contribution >= 0.6 is 0 Å². The van der Waals surface area contributed by atoms with Gasteiger partial charge in [-0.2, -0.15) is 0 Å². The first-order valence-corrected chi connectivity index (χ1v) is 34.9. The van der Waals surface area contributed by atoms with Crippen LogP contribution in [0.1, 0.15) is 315 Å². The molecule has 540 valence electrons. The van der Waals surface area contributed by atoms with Gasteiger partial charge in [0.2, 0.25) is 29.5 Å². The quantitative estimate of drug-likeness (QED) is 0.0356. The zero-order valence-electron chi connectivity index (χ0n) is 63.8. The van der Waals surface area contributed by atoms with Crippen LogP contribution in [-0.4, -0.2) is 116 Å². The number of ketones is 7. The van der Waals surface area contributed by atoms with Crippen LogP contribution in [0.3, 0.4) is 0 Å². The lowest BCUT2D eigenvalue weighted by Gasteiger charge is -2.39. The number of ether oxygens (including phenoxy) is 1. The monoisotopic (exact) mass is 1310 g/mol. The Balaban J connectivity index is -0.000000242. The van der Waals surface area contributed by atoms with E-state index in [-0.39, 0.29) is 92.3 Å². The molecule has 18 heteroatoms. The average Bonchev–Trinajstić information content (AvgIpc) is 0.835. The summed E-state index contributed by atoms with van der Waals surface area (Å²) in [5.41, 5.74) is -2.08. The molecular formula is C74H141N5O13. The summed E-state index contributed by atoms with van der Waals surface area (Å²) >= 11 is 0. The summed E-state index contributed by atoms with van der Waals surface area (Å²) in [6.45, 7) is 52.3. The van der Waals surface area contributed by atoms with Crippen LogP contribution < -0.4 is 26.6 Å². The van der Waals surface area contributed by atoms with E-state index in [0.717, 1.165) is 103 Å². The van der Waals surface area contributed by atoms with E-state index in [2.05, 4.69) is 26.6 Å². The van der Waals surface area contributed by atoms with Crippen LogP contribution in [-0.2, 0) is 62.3 Å². The van der Waals surface area contributed by atoms with Gasteiger partial charge in [-0.25, -0.2) is 0 Å². The minimum atomic E-state index is -0.441. The van der Waals surface area contributed by atoms with Crippen molar-refractivity contribution in [2.45, 2.75) is 315 Å². The Hall–Kier alpha value is -5.00. The molecule has 5 N–H and O–H groups in total. The number of nitrogens with one attached hydrogen (secondary N) is 5. The second-order valence-electron chi connectivity index (χ2n) is 28.0. The number of amides is 5. The lowest BCUT2D eigenvalue weighted by atomic mass is 9.66. The van der Waals surface area contributed by atoms with Gasteiger partial charge in [0.1, 0.15) is 40.5 Å². The fourth-order valence-corrected chi connectivity index (χ4v) is 8.91. The van der Waals surface area contributed by atoms with Crippen molar-refractivity contribution in [2.75, 3.05) is 45.9 Å². The number of unbranched alkanes of at least 4 members (excludes halogenated alkanes) is 3. The number of carbonyl (C=O) groups is 12. The maximum Gasteiger partial charge on any atom is 0.220 e. The third kappa shape index (κ3) is 48.7. The van der Waals surface area contributed by atoms with Crippen molar-refractivity contribution in [3.05, 3.63) is 0 Å². The van der Waals surface area contributed by atoms with Crippen LogP contribution in [0.2, 0.25) is 0 Å². The molecule has 5 amide bonds. The van der Waals surface area contributed by atoms with Gasteiger partial charge in [-0.15, -0.1) is 0 Å². The van der Waals surface area contributed by atoms with Crippen LogP contribution in [0, 0.1) is 44.3 Å². The number of Topliss-reactive ketones (excluding diaryl/α,β-unsaturated/α-hetero) is 7. The Morgan fingerprint density at radius 2 is 0.707 bits per heavy atom. The standard InChI is InChI=1S/C14H27NO2.C14H26O2.C12H23NO3.2C12H23NO2.C10H19NO2/c1-7-8-13(17)15-9-14(10(2)3,11(4)5)12(6)16;1-5-9-13(16)10-7-6-8-11-14(3,4)12(2)15;1-5-6-11(15)13-7-8-16-9-12(3,4)10(2)14;1-5-11(15)13-9-7-6-8-12(3,4)10(2)14;1-5-8-11(15)13-9-12(6-2,7-3)10(4)14;1-5-6-9(13)11-7-10(3,4)8(2)12/h10-11H,7-9H2,1-6H3,(H,15,17);5-11H2,1-4H3;5-9H2,1-4H3,(H,13,15);2*5-9H2,1-4H3,(H,13,15);5-7H2,1-4H3,(H,11,13). The van der Waals surface area contributed by atoms with Crippen molar-refractivity contribution >= 4 is 70.0 Å². The number of hydrogen-bond donors (Lipinski definition) is 5. The third-order valence-corrected chi connectivity index (χ3v) is 17.7. The van der Waals surface area contributed by atoms with Gasteiger partial charge in [0.05, 0.1) is 18.6 Å². The molecule has 0 aliphatic heterocycles.